The molecule has 0 spiro atoms. The maximum Gasteiger partial charge on any atom is 0.191 e. The number of nitrogens with one attached hydrogen (secondary N) is 2. The van der Waals surface area contributed by atoms with E-state index in [9.17, 15) is 10.2 Å². The first-order chi connectivity index (χ1) is 13.3. The van der Waals surface area contributed by atoms with Crippen molar-refractivity contribution in [3.63, 3.8) is 0 Å². The number of phenols is 1. The fraction of sp³-hybridized carbons (Fsp3) is 0.0526. The summed E-state index contributed by atoms with van der Waals surface area (Å²) in [5.41, 5.74) is 5.37. The van der Waals surface area contributed by atoms with Crippen molar-refractivity contribution in [3.05, 3.63) is 63.5 Å². The Morgan fingerprint density at radius 2 is 1.79 bits per heavy atom. The molecule has 0 aliphatic carbocycles. The van der Waals surface area contributed by atoms with Crippen LogP contribution >= 0.6 is 46.8 Å². The van der Waals surface area contributed by atoms with E-state index in [1.807, 2.05) is 5.38 Å². The van der Waals surface area contributed by atoms with E-state index >= 15 is 0 Å². The molecule has 1 heterocycles. The van der Waals surface area contributed by atoms with Crippen LogP contribution in [0.4, 0.5) is 5.69 Å². The Labute approximate surface area is 181 Å². The molecular weight excluding hydrogens is 437 g/mol. The summed E-state index contributed by atoms with van der Waals surface area (Å²) in [7, 11) is 0. The SMILES string of the molecule is C/C(=N\NC(=S)Nc1ccc(O)cc1)c1csc(-c2ccc(Cl)c(Cl)c2)c1O. The molecule has 9 heteroatoms. The average molecular weight is 452 g/mol. The van der Waals surface area contributed by atoms with Crippen LogP contribution in [-0.2, 0) is 0 Å². The van der Waals surface area contributed by atoms with Crippen LogP contribution in [0.15, 0.2) is 52.9 Å². The molecule has 0 atom stereocenters. The van der Waals surface area contributed by atoms with Gasteiger partial charge in [0.2, 0.25) is 0 Å². The van der Waals surface area contributed by atoms with Gasteiger partial charge >= 0.3 is 0 Å². The Balaban J connectivity index is 1.72. The number of phenolic OH excluding ortho intramolecular Hbond substituents is 1. The third kappa shape index (κ3) is 4.74. The van der Waals surface area contributed by atoms with Gasteiger partial charge in [-0.05, 0) is 61.1 Å². The molecule has 28 heavy (non-hydrogen) atoms. The highest BCUT2D eigenvalue weighted by molar-refractivity contribution is 7.80. The van der Waals surface area contributed by atoms with E-state index in [1.54, 1.807) is 49.4 Å². The zero-order chi connectivity index (χ0) is 20.3. The molecule has 3 rings (SSSR count). The van der Waals surface area contributed by atoms with E-state index in [0.717, 1.165) is 5.56 Å². The Morgan fingerprint density at radius 3 is 2.46 bits per heavy atom. The number of hydrogen-bond donors (Lipinski definition) is 4. The first-order valence-electron chi connectivity index (χ1n) is 8.01. The number of hydrazone groups is 1. The molecule has 5 nitrogen and oxygen atoms in total. The molecule has 2 aromatic carbocycles. The largest absolute Gasteiger partial charge is 0.508 e. The molecule has 144 valence electrons. The molecule has 0 aliphatic rings. The predicted molar refractivity (Wildman–Crippen MR) is 121 cm³/mol. The molecule has 0 bridgehead atoms. The summed E-state index contributed by atoms with van der Waals surface area (Å²) in [6.45, 7) is 1.76. The lowest BCUT2D eigenvalue weighted by Crippen LogP contribution is -2.24. The Morgan fingerprint density at radius 1 is 1.07 bits per heavy atom. The van der Waals surface area contributed by atoms with Gasteiger partial charge in [-0.15, -0.1) is 11.3 Å². The highest BCUT2D eigenvalue weighted by Gasteiger charge is 2.15. The minimum Gasteiger partial charge on any atom is -0.508 e. The number of benzene rings is 2. The van der Waals surface area contributed by atoms with Crippen LogP contribution in [0.25, 0.3) is 10.4 Å². The van der Waals surface area contributed by atoms with Crippen molar-refractivity contribution in [2.45, 2.75) is 6.92 Å². The van der Waals surface area contributed by atoms with Gasteiger partial charge in [-0.1, -0.05) is 29.3 Å². The summed E-state index contributed by atoms with van der Waals surface area (Å²) < 4.78 is 0. The molecule has 0 saturated carbocycles. The van der Waals surface area contributed by atoms with Gasteiger partial charge < -0.3 is 15.5 Å². The number of anilines is 1. The molecule has 1 aromatic heterocycles. The third-order valence-corrected chi connectivity index (χ3v) is 5.74. The molecule has 4 N–H and O–H groups in total. The van der Waals surface area contributed by atoms with Gasteiger partial charge in [-0.2, -0.15) is 5.10 Å². The van der Waals surface area contributed by atoms with Gasteiger partial charge in [-0.25, -0.2) is 0 Å². The second kappa shape index (κ2) is 8.79. The number of rotatable bonds is 4. The molecule has 0 saturated heterocycles. The van der Waals surface area contributed by atoms with Crippen LogP contribution in [0.1, 0.15) is 12.5 Å². The van der Waals surface area contributed by atoms with Crippen LogP contribution in [0.2, 0.25) is 10.0 Å². The molecular formula is C19H15Cl2N3O2S2. The van der Waals surface area contributed by atoms with Gasteiger partial charge in [-0.3, -0.25) is 5.43 Å². The van der Waals surface area contributed by atoms with Crippen LogP contribution < -0.4 is 10.7 Å². The number of aromatic hydroxyl groups is 2. The monoisotopic (exact) mass is 451 g/mol. The minimum absolute atomic E-state index is 0.115. The van der Waals surface area contributed by atoms with Gasteiger partial charge in [0, 0.05) is 11.1 Å². The quantitative estimate of drug-likeness (QED) is 0.173. The molecule has 0 fully saturated rings. The normalized spacial score (nSPS) is 11.3. The lowest BCUT2D eigenvalue weighted by atomic mass is 10.1. The van der Waals surface area contributed by atoms with Crippen LogP contribution in [0.5, 0.6) is 11.5 Å². The maximum absolute atomic E-state index is 10.6. The van der Waals surface area contributed by atoms with Crippen molar-refractivity contribution < 1.29 is 10.2 Å². The standard InChI is InChI=1S/C19H15Cl2N3O2S2/c1-10(23-24-19(27)22-12-3-5-13(25)6-4-12)14-9-28-18(17(14)26)11-2-7-15(20)16(21)8-11/h2-9,25-26H,1H3,(H2,22,24,27)/b23-10+. The number of thiophene rings is 1. The van der Waals surface area contributed by atoms with E-state index in [1.165, 1.54) is 11.3 Å². The maximum atomic E-state index is 10.6. The fourth-order valence-corrected chi connectivity index (χ4v) is 3.81. The van der Waals surface area contributed by atoms with Gasteiger partial charge in [0.25, 0.3) is 0 Å². The van der Waals surface area contributed by atoms with Crippen LogP contribution in [0, 0.1) is 0 Å². The van der Waals surface area contributed by atoms with E-state index in [-0.39, 0.29) is 16.6 Å². The highest BCUT2D eigenvalue weighted by Crippen LogP contribution is 2.40. The zero-order valence-electron chi connectivity index (χ0n) is 14.5. The van der Waals surface area contributed by atoms with E-state index in [4.69, 9.17) is 35.4 Å². The van der Waals surface area contributed by atoms with Crippen molar-refractivity contribution in [2.75, 3.05) is 5.32 Å². The van der Waals surface area contributed by atoms with Crippen LogP contribution in [0.3, 0.4) is 0 Å². The zero-order valence-corrected chi connectivity index (χ0v) is 17.7. The van der Waals surface area contributed by atoms with Crippen molar-refractivity contribution in [2.24, 2.45) is 5.10 Å². The van der Waals surface area contributed by atoms with Crippen molar-refractivity contribution in [1.82, 2.24) is 5.43 Å². The number of thiocarbonyl (C=S) groups is 1. The number of halogens is 2. The Kier molecular flexibility index (Phi) is 6.41. The first kappa shape index (κ1) is 20.4. The molecule has 0 unspecified atom stereocenters. The van der Waals surface area contributed by atoms with Gasteiger partial charge in [0.1, 0.15) is 11.5 Å². The molecule has 0 amide bonds. The first-order valence-corrected chi connectivity index (χ1v) is 10.1. The topological polar surface area (TPSA) is 76.9 Å². The Hall–Kier alpha value is -2.32. The van der Waals surface area contributed by atoms with E-state index in [0.29, 0.717) is 31.9 Å². The van der Waals surface area contributed by atoms with Crippen molar-refractivity contribution in [3.8, 4) is 21.9 Å². The summed E-state index contributed by atoms with van der Waals surface area (Å²) >= 11 is 18.6. The van der Waals surface area contributed by atoms with E-state index < -0.39 is 0 Å². The van der Waals surface area contributed by atoms with Crippen LogP contribution in [-0.4, -0.2) is 21.0 Å². The molecule has 3 aromatic rings. The second-order valence-electron chi connectivity index (χ2n) is 5.77. The lowest BCUT2D eigenvalue weighted by molar-refractivity contribution is 0.475. The Bertz CT molecular complexity index is 1050. The smallest absolute Gasteiger partial charge is 0.191 e. The fourth-order valence-electron chi connectivity index (χ4n) is 2.35. The second-order valence-corrected chi connectivity index (χ2v) is 7.87. The predicted octanol–water partition coefficient (Wildman–Crippen LogP) is 5.84. The van der Waals surface area contributed by atoms with Gasteiger partial charge in [0.15, 0.2) is 5.11 Å². The third-order valence-electron chi connectivity index (χ3n) is 3.79. The lowest BCUT2D eigenvalue weighted by Gasteiger charge is -2.08. The summed E-state index contributed by atoms with van der Waals surface area (Å²) in [5.74, 6) is 0.285. The summed E-state index contributed by atoms with van der Waals surface area (Å²) in [6.07, 6.45) is 0. The minimum atomic E-state index is 0.115. The summed E-state index contributed by atoms with van der Waals surface area (Å²) in [6, 6.07) is 11.7. The van der Waals surface area contributed by atoms with Crippen molar-refractivity contribution >= 4 is 63.3 Å². The number of hydrogen-bond acceptors (Lipinski definition) is 5. The average Bonchev–Trinajstić information content (AvgIpc) is 3.05. The summed E-state index contributed by atoms with van der Waals surface area (Å²) in [5, 5.41) is 30.0. The number of nitrogens with zero attached hydrogens (tertiary/aromatic N) is 1. The van der Waals surface area contributed by atoms with Crippen molar-refractivity contribution in [1.29, 1.82) is 0 Å². The van der Waals surface area contributed by atoms with Gasteiger partial charge in [0.05, 0.1) is 26.2 Å². The summed E-state index contributed by atoms with van der Waals surface area (Å²) in [4.78, 5) is 0.674. The molecule has 0 radical (unpaired) electrons. The highest BCUT2D eigenvalue weighted by atomic mass is 35.5. The van der Waals surface area contributed by atoms with E-state index in [2.05, 4.69) is 15.8 Å². The molecule has 0 aliphatic heterocycles.